The van der Waals surface area contributed by atoms with E-state index >= 15 is 0 Å². The molecule has 0 radical (unpaired) electrons. The number of nitrogens with one attached hydrogen (secondary N) is 1. The lowest BCUT2D eigenvalue weighted by Gasteiger charge is -2.14. The van der Waals surface area contributed by atoms with E-state index in [1.165, 1.54) is 5.56 Å². The van der Waals surface area contributed by atoms with E-state index in [4.69, 9.17) is 0 Å². The van der Waals surface area contributed by atoms with Crippen molar-refractivity contribution in [2.75, 3.05) is 11.4 Å². The van der Waals surface area contributed by atoms with Gasteiger partial charge in [0.25, 0.3) is 0 Å². The smallest absolute Gasteiger partial charge is 0.223 e. The van der Waals surface area contributed by atoms with Crippen LogP contribution < -0.4 is 4.90 Å². The summed E-state index contributed by atoms with van der Waals surface area (Å²) in [6, 6.07) is 12.0. The molecule has 0 bridgehead atoms. The molecule has 0 aliphatic carbocycles. The van der Waals surface area contributed by atoms with Gasteiger partial charge in [0.2, 0.25) is 5.91 Å². The molecule has 3 heterocycles. The highest BCUT2D eigenvalue weighted by Gasteiger charge is 2.23. The molecule has 1 aliphatic heterocycles. The Balaban J connectivity index is 1.77. The second kappa shape index (κ2) is 5.35. The molecule has 114 valence electrons. The largest absolute Gasteiger partial charge is 0.312 e. The van der Waals surface area contributed by atoms with Gasteiger partial charge in [-0.2, -0.15) is 5.10 Å². The summed E-state index contributed by atoms with van der Waals surface area (Å²) in [6.45, 7) is 2.37. The van der Waals surface area contributed by atoms with Gasteiger partial charge in [-0.05, 0) is 41.8 Å². The summed E-state index contributed by atoms with van der Waals surface area (Å²) in [7, 11) is 0. The number of aromatic amines is 1. The second-order valence-corrected chi connectivity index (χ2v) is 5.64. The number of carbonyl (C=O) groups is 1. The minimum Gasteiger partial charge on any atom is -0.312 e. The van der Waals surface area contributed by atoms with Gasteiger partial charge in [0, 0.05) is 30.9 Å². The molecule has 0 unspecified atom stereocenters. The summed E-state index contributed by atoms with van der Waals surface area (Å²) < 4.78 is 0. The number of hydrogen-bond acceptors (Lipinski definition) is 3. The number of aromatic nitrogens is 3. The summed E-state index contributed by atoms with van der Waals surface area (Å²) in [5.74, 6) is 0.0917. The van der Waals surface area contributed by atoms with Crippen LogP contribution in [0.2, 0.25) is 0 Å². The first kappa shape index (κ1) is 13.7. The predicted molar refractivity (Wildman–Crippen MR) is 89.0 cm³/mol. The second-order valence-electron chi connectivity index (χ2n) is 5.64. The normalized spacial score (nSPS) is 13.2. The Morgan fingerprint density at radius 2 is 2.17 bits per heavy atom. The van der Waals surface area contributed by atoms with E-state index < -0.39 is 0 Å². The van der Waals surface area contributed by atoms with Gasteiger partial charge in [-0.3, -0.25) is 14.9 Å². The van der Waals surface area contributed by atoms with Crippen molar-refractivity contribution < 1.29 is 4.79 Å². The molecule has 23 heavy (non-hydrogen) atoms. The third kappa shape index (κ3) is 2.30. The predicted octanol–water partition coefficient (Wildman–Crippen LogP) is 3.05. The van der Waals surface area contributed by atoms with Crippen molar-refractivity contribution >= 4 is 11.6 Å². The number of amides is 1. The zero-order chi connectivity index (χ0) is 15.8. The minimum atomic E-state index is 0.0917. The Hall–Kier alpha value is -2.95. The SMILES string of the molecule is CC(=O)N1CCc2cc(-c3cn[nH]c3-c3ccccn3)ccc21. The van der Waals surface area contributed by atoms with Gasteiger partial charge in [-0.25, -0.2) is 0 Å². The summed E-state index contributed by atoms with van der Waals surface area (Å²) in [6.07, 6.45) is 4.48. The van der Waals surface area contributed by atoms with Gasteiger partial charge in [-0.15, -0.1) is 0 Å². The van der Waals surface area contributed by atoms with Gasteiger partial charge in [-0.1, -0.05) is 12.1 Å². The van der Waals surface area contributed by atoms with E-state index in [1.54, 1.807) is 13.1 Å². The molecule has 1 aromatic carbocycles. The maximum Gasteiger partial charge on any atom is 0.223 e. The Morgan fingerprint density at radius 1 is 1.26 bits per heavy atom. The van der Waals surface area contributed by atoms with E-state index in [-0.39, 0.29) is 5.91 Å². The molecule has 0 saturated carbocycles. The molecular formula is C18H16N4O. The van der Waals surface area contributed by atoms with E-state index in [1.807, 2.05) is 41.4 Å². The number of fused-ring (bicyclic) bond motifs is 1. The molecule has 0 fully saturated rings. The molecule has 1 aliphatic rings. The third-order valence-electron chi connectivity index (χ3n) is 4.23. The van der Waals surface area contributed by atoms with Crippen LogP contribution in [0, 0.1) is 0 Å². The fraction of sp³-hybridized carbons (Fsp3) is 0.167. The topological polar surface area (TPSA) is 61.9 Å². The zero-order valence-electron chi connectivity index (χ0n) is 12.8. The fourth-order valence-electron chi connectivity index (χ4n) is 3.11. The number of benzene rings is 1. The number of rotatable bonds is 2. The molecule has 3 aromatic rings. The zero-order valence-corrected chi connectivity index (χ0v) is 12.8. The van der Waals surface area contributed by atoms with Crippen molar-refractivity contribution in [2.24, 2.45) is 0 Å². The van der Waals surface area contributed by atoms with Crippen LogP contribution >= 0.6 is 0 Å². The van der Waals surface area contributed by atoms with Crippen molar-refractivity contribution in [3.05, 3.63) is 54.4 Å². The van der Waals surface area contributed by atoms with Crippen LogP contribution in [0.25, 0.3) is 22.5 Å². The number of carbonyl (C=O) groups excluding carboxylic acids is 1. The van der Waals surface area contributed by atoms with Crippen LogP contribution in [-0.4, -0.2) is 27.6 Å². The number of hydrogen-bond donors (Lipinski definition) is 1. The quantitative estimate of drug-likeness (QED) is 0.791. The fourth-order valence-corrected chi connectivity index (χ4v) is 3.11. The van der Waals surface area contributed by atoms with Crippen molar-refractivity contribution in [3.63, 3.8) is 0 Å². The van der Waals surface area contributed by atoms with Crippen LogP contribution in [0.4, 0.5) is 5.69 Å². The average Bonchev–Trinajstić information content (AvgIpc) is 3.22. The van der Waals surface area contributed by atoms with Crippen molar-refractivity contribution in [1.82, 2.24) is 15.2 Å². The molecular weight excluding hydrogens is 288 g/mol. The maximum absolute atomic E-state index is 11.7. The average molecular weight is 304 g/mol. The number of anilines is 1. The van der Waals surface area contributed by atoms with Gasteiger partial charge < -0.3 is 4.90 Å². The lowest BCUT2D eigenvalue weighted by Crippen LogP contribution is -2.25. The Kier molecular flexibility index (Phi) is 3.19. The van der Waals surface area contributed by atoms with Crippen LogP contribution in [0.1, 0.15) is 12.5 Å². The van der Waals surface area contributed by atoms with E-state index in [9.17, 15) is 4.79 Å². The highest BCUT2D eigenvalue weighted by molar-refractivity contribution is 5.94. The van der Waals surface area contributed by atoms with Gasteiger partial charge in [0.05, 0.1) is 17.6 Å². The first-order valence-corrected chi connectivity index (χ1v) is 7.60. The number of pyridine rings is 1. The molecule has 5 heteroatoms. The van der Waals surface area contributed by atoms with E-state index in [0.29, 0.717) is 0 Å². The Labute approximate surface area is 134 Å². The van der Waals surface area contributed by atoms with Crippen molar-refractivity contribution in [1.29, 1.82) is 0 Å². The molecule has 1 N–H and O–H groups in total. The molecule has 4 rings (SSSR count). The monoisotopic (exact) mass is 304 g/mol. The lowest BCUT2D eigenvalue weighted by molar-refractivity contribution is -0.116. The number of nitrogens with zero attached hydrogens (tertiary/aromatic N) is 3. The highest BCUT2D eigenvalue weighted by Crippen LogP contribution is 2.35. The first-order chi connectivity index (χ1) is 11.2. The lowest BCUT2D eigenvalue weighted by atomic mass is 10.0. The third-order valence-corrected chi connectivity index (χ3v) is 4.23. The minimum absolute atomic E-state index is 0.0917. The van der Waals surface area contributed by atoms with Crippen molar-refractivity contribution in [3.8, 4) is 22.5 Å². The summed E-state index contributed by atoms with van der Waals surface area (Å²) in [5.41, 5.74) is 6.10. The standard InChI is InChI=1S/C18H16N4O/c1-12(23)22-9-7-14-10-13(5-6-17(14)22)15-11-20-21-18(15)16-4-2-3-8-19-16/h2-6,8,10-11H,7,9H2,1H3,(H,20,21). The molecule has 0 atom stereocenters. The first-order valence-electron chi connectivity index (χ1n) is 7.60. The van der Waals surface area contributed by atoms with Gasteiger partial charge >= 0.3 is 0 Å². The van der Waals surface area contributed by atoms with Gasteiger partial charge in [0.1, 0.15) is 0 Å². The van der Waals surface area contributed by atoms with Crippen molar-refractivity contribution in [2.45, 2.75) is 13.3 Å². The van der Waals surface area contributed by atoms with Gasteiger partial charge in [0.15, 0.2) is 0 Å². The molecule has 0 saturated heterocycles. The molecule has 5 nitrogen and oxygen atoms in total. The van der Waals surface area contributed by atoms with Crippen LogP contribution in [0.5, 0.6) is 0 Å². The summed E-state index contributed by atoms with van der Waals surface area (Å²) in [4.78, 5) is 17.9. The van der Waals surface area contributed by atoms with Crippen LogP contribution in [0.3, 0.4) is 0 Å². The maximum atomic E-state index is 11.7. The van der Waals surface area contributed by atoms with E-state index in [0.717, 1.165) is 41.2 Å². The highest BCUT2D eigenvalue weighted by atomic mass is 16.2. The van der Waals surface area contributed by atoms with E-state index in [2.05, 4.69) is 21.2 Å². The number of H-pyrrole nitrogens is 1. The Bertz CT molecular complexity index is 870. The Morgan fingerprint density at radius 3 is 2.96 bits per heavy atom. The molecule has 1 amide bonds. The van der Waals surface area contributed by atoms with Crippen LogP contribution in [-0.2, 0) is 11.2 Å². The molecule has 2 aromatic heterocycles. The summed E-state index contributed by atoms with van der Waals surface area (Å²) >= 11 is 0. The molecule has 0 spiro atoms. The van der Waals surface area contributed by atoms with Crippen LogP contribution in [0.15, 0.2) is 48.8 Å². The summed E-state index contributed by atoms with van der Waals surface area (Å²) in [5, 5.41) is 7.22.